The third-order valence-corrected chi connectivity index (χ3v) is 4.33. The molecule has 1 atom stereocenters. The Balaban J connectivity index is 1.92. The molecule has 2 heteroatoms. The number of likely N-dealkylation sites (tertiary alicyclic amines) is 1. The molecule has 0 radical (unpaired) electrons. The van der Waals surface area contributed by atoms with Crippen LogP contribution in [-0.4, -0.2) is 34.7 Å². The maximum absolute atomic E-state index is 9.74. The van der Waals surface area contributed by atoms with Crippen molar-refractivity contribution in [2.24, 2.45) is 5.92 Å². The van der Waals surface area contributed by atoms with E-state index in [1.54, 1.807) is 0 Å². The fourth-order valence-electron chi connectivity index (χ4n) is 3.10. The predicted molar refractivity (Wildman–Crippen MR) is 62.9 cm³/mol. The second-order valence-corrected chi connectivity index (χ2v) is 6.06. The SMILES string of the molecule is CC1(C)CCC(O)CN1CC1CCCC1. The van der Waals surface area contributed by atoms with Gasteiger partial charge in [-0.1, -0.05) is 12.8 Å². The molecule has 1 aliphatic carbocycles. The molecule has 0 aromatic heterocycles. The molecule has 2 aliphatic rings. The van der Waals surface area contributed by atoms with Gasteiger partial charge in [-0.15, -0.1) is 0 Å². The molecule has 0 spiro atoms. The highest BCUT2D eigenvalue weighted by atomic mass is 16.3. The summed E-state index contributed by atoms with van der Waals surface area (Å²) >= 11 is 0. The summed E-state index contributed by atoms with van der Waals surface area (Å²) < 4.78 is 0. The largest absolute Gasteiger partial charge is 0.392 e. The normalized spacial score (nSPS) is 33.4. The lowest BCUT2D eigenvalue weighted by Crippen LogP contribution is -2.53. The summed E-state index contributed by atoms with van der Waals surface area (Å²) in [6.45, 7) is 6.76. The van der Waals surface area contributed by atoms with Crippen LogP contribution in [0, 0.1) is 5.92 Å². The van der Waals surface area contributed by atoms with Gasteiger partial charge in [-0.3, -0.25) is 4.90 Å². The van der Waals surface area contributed by atoms with E-state index in [1.807, 2.05) is 0 Å². The molecule has 1 saturated heterocycles. The van der Waals surface area contributed by atoms with E-state index in [9.17, 15) is 5.11 Å². The lowest BCUT2D eigenvalue weighted by Gasteiger charge is -2.45. The topological polar surface area (TPSA) is 23.5 Å². The molecule has 1 N–H and O–H groups in total. The Kier molecular flexibility index (Phi) is 3.36. The van der Waals surface area contributed by atoms with Crippen molar-refractivity contribution in [1.29, 1.82) is 0 Å². The van der Waals surface area contributed by atoms with Gasteiger partial charge in [-0.2, -0.15) is 0 Å². The number of piperidine rings is 1. The van der Waals surface area contributed by atoms with Gasteiger partial charge in [-0.25, -0.2) is 0 Å². The molecule has 1 aliphatic heterocycles. The van der Waals surface area contributed by atoms with Gasteiger partial charge in [0.15, 0.2) is 0 Å². The molecule has 15 heavy (non-hydrogen) atoms. The molecular formula is C13H25NO. The first-order valence-electron chi connectivity index (χ1n) is 6.51. The minimum absolute atomic E-state index is 0.0839. The van der Waals surface area contributed by atoms with Crippen LogP contribution in [0.3, 0.4) is 0 Å². The van der Waals surface area contributed by atoms with Crippen molar-refractivity contribution in [3.8, 4) is 0 Å². The van der Waals surface area contributed by atoms with Gasteiger partial charge in [0.25, 0.3) is 0 Å². The van der Waals surface area contributed by atoms with Crippen molar-refractivity contribution in [3.05, 3.63) is 0 Å². The van der Waals surface area contributed by atoms with E-state index in [4.69, 9.17) is 0 Å². The van der Waals surface area contributed by atoms with Crippen molar-refractivity contribution in [2.75, 3.05) is 13.1 Å². The van der Waals surface area contributed by atoms with Gasteiger partial charge >= 0.3 is 0 Å². The van der Waals surface area contributed by atoms with E-state index < -0.39 is 0 Å². The molecule has 0 aromatic carbocycles. The van der Waals surface area contributed by atoms with Crippen molar-refractivity contribution in [3.63, 3.8) is 0 Å². The second-order valence-electron chi connectivity index (χ2n) is 6.06. The lowest BCUT2D eigenvalue weighted by molar-refractivity contribution is -0.0126. The summed E-state index contributed by atoms with van der Waals surface area (Å²) in [6.07, 6.45) is 7.68. The number of aliphatic hydroxyl groups excluding tert-OH is 1. The fourth-order valence-corrected chi connectivity index (χ4v) is 3.10. The molecule has 0 amide bonds. The summed E-state index contributed by atoms with van der Waals surface area (Å²) in [4.78, 5) is 2.52. The van der Waals surface area contributed by atoms with Gasteiger partial charge < -0.3 is 5.11 Å². The van der Waals surface area contributed by atoms with Crippen LogP contribution >= 0.6 is 0 Å². The average Bonchev–Trinajstić information content (AvgIpc) is 2.65. The summed E-state index contributed by atoms with van der Waals surface area (Å²) in [7, 11) is 0. The highest BCUT2D eigenvalue weighted by Crippen LogP contribution is 2.32. The van der Waals surface area contributed by atoms with Crippen LogP contribution in [0.2, 0.25) is 0 Å². The van der Waals surface area contributed by atoms with Crippen molar-refractivity contribution < 1.29 is 5.11 Å². The molecule has 0 aromatic rings. The van der Waals surface area contributed by atoms with E-state index in [2.05, 4.69) is 18.7 Å². The smallest absolute Gasteiger partial charge is 0.0668 e. The van der Waals surface area contributed by atoms with E-state index >= 15 is 0 Å². The molecule has 2 rings (SSSR count). The minimum Gasteiger partial charge on any atom is -0.392 e. The third kappa shape index (κ3) is 2.73. The second kappa shape index (κ2) is 4.42. The summed E-state index contributed by atoms with van der Waals surface area (Å²) in [5.41, 5.74) is 0.307. The number of hydrogen-bond donors (Lipinski definition) is 1. The first kappa shape index (κ1) is 11.4. The Morgan fingerprint density at radius 2 is 1.87 bits per heavy atom. The number of nitrogens with zero attached hydrogens (tertiary/aromatic N) is 1. The predicted octanol–water partition coefficient (Wildman–Crippen LogP) is 2.41. The highest BCUT2D eigenvalue weighted by Gasteiger charge is 2.34. The first-order valence-corrected chi connectivity index (χ1v) is 6.51. The Labute approximate surface area is 93.7 Å². The Morgan fingerprint density at radius 1 is 1.20 bits per heavy atom. The van der Waals surface area contributed by atoms with Crippen LogP contribution in [0.25, 0.3) is 0 Å². The number of β-amino-alcohol motifs (C(OH)–C–C–N with tert-alkyl or cyclic N) is 1. The molecule has 0 bridgehead atoms. The van der Waals surface area contributed by atoms with Gasteiger partial charge in [0.05, 0.1) is 6.10 Å². The number of aliphatic hydroxyl groups is 1. The van der Waals surface area contributed by atoms with Gasteiger partial charge in [0, 0.05) is 18.6 Å². The van der Waals surface area contributed by atoms with Gasteiger partial charge in [-0.05, 0) is 45.4 Å². The van der Waals surface area contributed by atoms with Crippen molar-refractivity contribution in [1.82, 2.24) is 4.90 Å². The van der Waals surface area contributed by atoms with E-state index in [0.717, 1.165) is 25.3 Å². The Hall–Kier alpha value is -0.0800. The van der Waals surface area contributed by atoms with Crippen LogP contribution in [0.15, 0.2) is 0 Å². The average molecular weight is 211 g/mol. The van der Waals surface area contributed by atoms with Crippen LogP contribution < -0.4 is 0 Å². The number of hydrogen-bond acceptors (Lipinski definition) is 2. The molecule has 2 nitrogen and oxygen atoms in total. The fraction of sp³-hybridized carbons (Fsp3) is 1.00. The summed E-state index contributed by atoms with van der Waals surface area (Å²) in [5, 5.41) is 9.74. The first-order chi connectivity index (χ1) is 7.08. The monoisotopic (exact) mass is 211 g/mol. The zero-order chi connectivity index (χ0) is 10.9. The van der Waals surface area contributed by atoms with Crippen LogP contribution in [0.5, 0.6) is 0 Å². The minimum atomic E-state index is -0.0839. The standard InChI is InChI=1S/C13H25NO/c1-13(2)8-7-12(15)10-14(13)9-11-5-3-4-6-11/h11-12,15H,3-10H2,1-2H3. The van der Waals surface area contributed by atoms with E-state index in [0.29, 0.717) is 5.54 Å². The molecule has 1 unspecified atom stereocenters. The van der Waals surface area contributed by atoms with E-state index in [-0.39, 0.29) is 6.10 Å². The maximum atomic E-state index is 9.74. The van der Waals surface area contributed by atoms with Gasteiger partial charge in [0.1, 0.15) is 0 Å². The Morgan fingerprint density at radius 3 is 2.53 bits per heavy atom. The molecule has 2 fully saturated rings. The van der Waals surface area contributed by atoms with Crippen molar-refractivity contribution >= 4 is 0 Å². The third-order valence-electron chi connectivity index (χ3n) is 4.33. The molecular weight excluding hydrogens is 186 g/mol. The van der Waals surface area contributed by atoms with Crippen molar-refractivity contribution in [2.45, 2.75) is 64.0 Å². The maximum Gasteiger partial charge on any atom is 0.0668 e. The quantitative estimate of drug-likeness (QED) is 0.758. The van der Waals surface area contributed by atoms with Gasteiger partial charge in [0.2, 0.25) is 0 Å². The summed E-state index contributed by atoms with van der Waals surface area (Å²) in [6, 6.07) is 0. The van der Waals surface area contributed by atoms with Crippen LogP contribution in [0.4, 0.5) is 0 Å². The zero-order valence-electron chi connectivity index (χ0n) is 10.2. The highest BCUT2D eigenvalue weighted by molar-refractivity contribution is 4.90. The molecule has 1 heterocycles. The summed E-state index contributed by atoms with van der Waals surface area (Å²) in [5.74, 6) is 0.898. The number of rotatable bonds is 2. The lowest BCUT2D eigenvalue weighted by atomic mass is 9.88. The zero-order valence-corrected chi connectivity index (χ0v) is 10.2. The Bertz CT molecular complexity index is 209. The van der Waals surface area contributed by atoms with Crippen LogP contribution in [-0.2, 0) is 0 Å². The van der Waals surface area contributed by atoms with Crippen LogP contribution in [0.1, 0.15) is 52.4 Å². The molecule has 1 saturated carbocycles. The molecule has 88 valence electrons. The van der Waals surface area contributed by atoms with E-state index in [1.165, 1.54) is 32.2 Å².